The quantitative estimate of drug-likeness (QED) is 0.825. The Morgan fingerprint density at radius 3 is 2.65 bits per heavy atom. The Labute approximate surface area is 108 Å². The van der Waals surface area contributed by atoms with E-state index in [0.717, 1.165) is 25.1 Å². The van der Waals surface area contributed by atoms with Crippen LogP contribution >= 0.6 is 11.8 Å². The molecule has 2 aliphatic rings. The Kier molecular flexibility index (Phi) is 3.47. The van der Waals surface area contributed by atoms with Gasteiger partial charge in [0, 0.05) is 11.8 Å². The van der Waals surface area contributed by atoms with Gasteiger partial charge in [-0.05, 0) is 43.9 Å². The van der Waals surface area contributed by atoms with E-state index in [-0.39, 0.29) is 5.41 Å². The lowest BCUT2D eigenvalue weighted by Gasteiger charge is -2.48. The lowest BCUT2D eigenvalue weighted by Crippen LogP contribution is -2.58. The molecule has 0 radical (unpaired) electrons. The van der Waals surface area contributed by atoms with Crippen LogP contribution in [-0.4, -0.2) is 45.6 Å². The molecule has 2 unspecified atom stereocenters. The fourth-order valence-electron chi connectivity index (χ4n) is 3.15. The molecule has 0 aromatic heterocycles. The zero-order valence-corrected chi connectivity index (χ0v) is 11.8. The summed E-state index contributed by atoms with van der Waals surface area (Å²) in [5, 5.41) is 9.50. The predicted octanol–water partition coefficient (Wildman–Crippen LogP) is 2.46. The summed E-state index contributed by atoms with van der Waals surface area (Å²) in [6.45, 7) is 7.42. The predicted molar refractivity (Wildman–Crippen MR) is 71.5 cm³/mol. The van der Waals surface area contributed by atoms with Crippen molar-refractivity contribution in [2.24, 2.45) is 5.41 Å². The molecular formula is C13H23NO2S. The topological polar surface area (TPSA) is 40.5 Å². The van der Waals surface area contributed by atoms with Crippen LogP contribution in [0.15, 0.2) is 0 Å². The lowest BCUT2D eigenvalue weighted by molar-refractivity contribution is -0.151. The summed E-state index contributed by atoms with van der Waals surface area (Å²) in [6, 6.07) is 0.407. The number of nitrogens with zero attached hydrogens (tertiary/aromatic N) is 1. The summed E-state index contributed by atoms with van der Waals surface area (Å²) in [5.41, 5.74) is -0.397. The fraction of sp³-hybridized carbons (Fsp3) is 0.923. The van der Waals surface area contributed by atoms with Crippen LogP contribution in [0.1, 0.15) is 40.0 Å². The van der Waals surface area contributed by atoms with E-state index >= 15 is 0 Å². The molecule has 17 heavy (non-hydrogen) atoms. The van der Waals surface area contributed by atoms with Gasteiger partial charge < -0.3 is 5.11 Å². The fourth-order valence-corrected chi connectivity index (χ4v) is 4.84. The van der Waals surface area contributed by atoms with E-state index in [2.05, 4.69) is 18.7 Å². The maximum atomic E-state index is 11.5. The van der Waals surface area contributed by atoms with Crippen molar-refractivity contribution in [3.8, 4) is 0 Å². The Morgan fingerprint density at radius 2 is 2.06 bits per heavy atom. The van der Waals surface area contributed by atoms with Crippen molar-refractivity contribution in [3.63, 3.8) is 0 Å². The molecule has 2 rings (SSSR count). The van der Waals surface area contributed by atoms with Gasteiger partial charge in [0.25, 0.3) is 0 Å². The minimum atomic E-state index is -0.652. The Bertz CT molecular complexity index is 319. The van der Waals surface area contributed by atoms with Gasteiger partial charge in [0.2, 0.25) is 0 Å². The second-order valence-corrected chi connectivity index (χ2v) is 7.36. The third-order valence-corrected chi connectivity index (χ3v) is 5.65. The van der Waals surface area contributed by atoms with Crippen molar-refractivity contribution in [2.75, 3.05) is 18.1 Å². The number of carboxylic acids is 1. The second kappa shape index (κ2) is 4.47. The van der Waals surface area contributed by atoms with E-state index in [1.807, 2.05) is 18.7 Å². The molecule has 0 bridgehead atoms. The largest absolute Gasteiger partial charge is 0.480 e. The molecular weight excluding hydrogens is 234 g/mol. The highest BCUT2D eigenvalue weighted by Crippen LogP contribution is 2.43. The first-order valence-corrected chi connectivity index (χ1v) is 7.61. The van der Waals surface area contributed by atoms with E-state index in [4.69, 9.17) is 0 Å². The molecule has 2 fully saturated rings. The van der Waals surface area contributed by atoms with Crippen LogP contribution in [0, 0.1) is 5.41 Å². The highest BCUT2D eigenvalue weighted by molar-refractivity contribution is 7.99. The molecule has 98 valence electrons. The molecule has 2 aliphatic heterocycles. The molecule has 2 heterocycles. The van der Waals surface area contributed by atoms with Crippen LogP contribution < -0.4 is 0 Å². The van der Waals surface area contributed by atoms with Crippen molar-refractivity contribution in [1.82, 2.24) is 4.90 Å². The first-order valence-electron chi connectivity index (χ1n) is 6.46. The number of hydrogen-bond acceptors (Lipinski definition) is 3. The number of carbonyl (C=O) groups is 1. The van der Waals surface area contributed by atoms with Gasteiger partial charge in [-0.15, -0.1) is 0 Å². The number of aliphatic carboxylic acids is 1. The molecule has 0 spiro atoms. The first-order chi connectivity index (χ1) is 7.88. The minimum Gasteiger partial charge on any atom is -0.480 e. The number of thioether (sulfide) groups is 1. The van der Waals surface area contributed by atoms with E-state index < -0.39 is 11.5 Å². The zero-order valence-electron chi connectivity index (χ0n) is 11.0. The third kappa shape index (κ3) is 2.22. The van der Waals surface area contributed by atoms with Crippen molar-refractivity contribution < 1.29 is 9.90 Å². The van der Waals surface area contributed by atoms with Crippen LogP contribution in [0.25, 0.3) is 0 Å². The molecule has 0 aromatic rings. The van der Waals surface area contributed by atoms with Crippen LogP contribution in [0.4, 0.5) is 0 Å². The Hall–Kier alpha value is -0.220. The summed E-state index contributed by atoms with van der Waals surface area (Å²) in [6.07, 6.45) is 2.99. The standard InChI is InChI=1S/C13H23NO2S/c1-12(2)6-8-17-9-10(12)14-7-4-5-13(14,3)11(15)16/h10H,4-9H2,1-3H3,(H,15,16). The molecule has 3 nitrogen and oxygen atoms in total. The van der Waals surface area contributed by atoms with Gasteiger partial charge in [0.1, 0.15) is 5.54 Å². The van der Waals surface area contributed by atoms with E-state index in [1.165, 1.54) is 12.2 Å². The molecule has 0 saturated carbocycles. The van der Waals surface area contributed by atoms with Crippen molar-refractivity contribution in [1.29, 1.82) is 0 Å². The molecule has 2 saturated heterocycles. The van der Waals surface area contributed by atoms with Crippen molar-refractivity contribution >= 4 is 17.7 Å². The third-order valence-electron chi connectivity index (χ3n) is 4.60. The molecule has 0 aliphatic carbocycles. The molecule has 2 atom stereocenters. The van der Waals surface area contributed by atoms with Crippen LogP contribution in [0.2, 0.25) is 0 Å². The Morgan fingerprint density at radius 1 is 1.35 bits per heavy atom. The normalized spacial score (nSPS) is 38.2. The second-order valence-electron chi connectivity index (χ2n) is 6.21. The van der Waals surface area contributed by atoms with Crippen LogP contribution in [0.5, 0.6) is 0 Å². The van der Waals surface area contributed by atoms with Gasteiger partial charge in [-0.3, -0.25) is 9.69 Å². The molecule has 0 aromatic carbocycles. The summed E-state index contributed by atoms with van der Waals surface area (Å²) in [5.74, 6) is 1.64. The van der Waals surface area contributed by atoms with Crippen molar-refractivity contribution in [2.45, 2.75) is 51.6 Å². The van der Waals surface area contributed by atoms with Crippen molar-refractivity contribution in [3.05, 3.63) is 0 Å². The van der Waals surface area contributed by atoms with Gasteiger partial charge in [-0.2, -0.15) is 11.8 Å². The molecule has 1 N–H and O–H groups in total. The minimum absolute atomic E-state index is 0.242. The lowest BCUT2D eigenvalue weighted by atomic mass is 9.80. The van der Waals surface area contributed by atoms with Crippen LogP contribution in [-0.2, 0) is 4.79 Å². The van der Waals surface area contributed by atoms with Gasteiger partial charge in [-0.1, -0.05) is 13.8 Å². The maximum Gasteiger partial charge on any atom is 0.323 e. The number of likely N-dealkylation sites (tertiary alicyclic amines) is 1. The first kappa shape index (κ1) is 13.2. The van der Waals surface area contributed by atoms with Gasteiger partial charge >= 0.3 is 5.97 Å². The number of carboxylic acid groups (broad SMARTS) is 1. The van der Waals surface area contributed by atoms with Gasteiger partial charge in [0.05, 0.1) is 0 Å². The zero-order chi connectivity index (χ0) is 12.7. The summed E-state index contributed by atoms with van der Waals surface area (Å²) in [4.78, 5) is 13.8. The maximum absolute atomic E-state index is 11.5. The van der Waals surface area contributed by atoms with Crippen LogP contribution in [0.3, 0.4) is 0 Å². The molecule has 0 amide bonds. The highest BCUT2D eigenvalue weighted by atomic mass is 32.2. The molecule has 4 heteroatoms. The SMILES string of the molecule is CC1(C)CCSCC1N1CCCC1(C)C(=O)O. The van der Waals surface area contributed by atoms with E-state index in [9.17, 15) is 9.90 Å². The summed E-state index contributed by atoms with van der Waals surface area (Å²) < 4.78 is 0. The monoisotopic (exact) mass is 257 g/mol. The smallest absolute Gasteiger partial charge is 0.323 e. The summed E-state index contributed by atoms with van der Waals surface area (Å²) in [7, 11) is 0. The van der Waals surface area contributed by atoms with E-state index in [0.29, 0.717) is 6.04 Å². The van der Waals surface area contributed by atoms with E-state index in [1.54, 1.807) is 0 Å². The number of hydrogen-bond donors (Lipinski definition) is 1. The average Bonchev–Trinajstić information content (AvgIpc) is 2.61. The average molecular weight is 257 g/mol. The summed E-state index contributed by atoms with van der Waals surface area (Å²) >= 11 is 1.97. The van der Waals surface area contributed by atoms with Gasteiger partial charge in [0.15, 0.2) is 0 Å². The Balaban J connectivity index is 2.23. The highest BCUT2D eigenvalue weighted by Gasteiger charge is 2.50. The number of rotatable bonds is 2. The van der Waals surface area contributed by atoms with Gasteiger partial charge in [-0.25, -0.2) is 0 Å².